The van der Waals surface area contributed by atoms with E-state index in [0.29, 0.717) is 5.92 Å². The van der Waals surface area contributed by atoms with Crippen LogP contribution in [0.5, 0.6) is 0 Å². The molecule has 2 aliphatic rings. The Balaban J connectivity index is 1.85. The lowest BCUT2D eigenvalue weighted by atomic mass is 9.87. The van der Waals surface area contributed by atoms with Crippen molar-refractivity contribution in [1.29, 1.82) is 0 Å². The van der Waals surface area contributed by atoms with Crippen LogP contribution in [0.15, 0.2) is 0 Å². The zero-order valence-corrected chi connectivity index (χ0v) is 17.2. The molecule has 27 heavy (non-hydrogen) atoms. The minimum atomic E-state index is -3.80. The first-order valence-corrected chi connectivity index (χ1v) is 10.8. The molecule has 0 aromatic carbocycles. The Morgan fingerprint density at radius 1 is 1.37 bits per heavy atom. The summed E-state index contributed by atoms with van der Waals surface area (Å²) in [6, 6.07) is 0. The van der Waals surface area contributed by atoms with Crippen molar-refractivity contribution in [2.75, 3.05) is 40.0 Å². The van der Waals surface area contributed by atoms with Crippen LogP contribution in [0.3, 0.4) is 0 Å². The molecule has 10 heteroatoms. The van der Waals surface area contributed by atoms with Crippen LogP contribution in [0, 0.1) is 11.3 Å². The fraction of sp³-hybridized carbons (Fsp3) is 0.882. The molecule has 2 aliphatic heterocycles. The van der Waals surface area contributed by atoms with E-state index in [-0.39, 0.29) is 26.2 Å². The third-order valence-electron chi connectivity index (χ3n) is 4.81. The van der Waals surface area contributed by atoms with Crippen molar-refractivity contribution in [2.45, 2.75) is 45.6 Å². The summed E-state index contributed by atoms with van der Waals surface area (Å²) in [5.74, 6) is -0.398. The van der Waals surface area contributed by atoms with Crippen molar-refractivity contribution in [1.82, 2.24) is 10.6 Å². The number of esters is 1. The van der Waals surface area contributed by atoms with E-state index in [1.54, 1.807) is 13.8 Å². The molecule has 2 N–H and O–H groups in total. The number of hydrogen-bond acceptors (Lipinski definition) is 8. The van der Waals surface area contributed by atoms with Crippen LogP contribution in [-0.2, 0) is 32.5 Å². The Morgan fingerprint density at radius 3 is 2.81 bits per heavy atom. The fourth-order valence-corrected chi connectivity index (χ4v) is 4.73. The predicted octanol–water partition coefficient (Wildman–Crippen LogP) is 1.62. The van der Waals surface area contributed by atoms with Gasteiger partial charge in [-0.2, -0.15) is 0 Å². The van der Waals surface area contributed by atoms with Gasteiger partial charge in [-0.15, -0.1) is 0 Å². The van der Waals surface area contributed by atoms with Gasteiger partial charge in [-0.25, -0.2) is 4.57 Å². The number of piperidine rings is 1. The van der Waals surface area contributed by atoms with Crippen molar-refractivity contribution in [3.8, 4) is 0 Å². The van der Waals surface area contributed by atoms with Gasteiger partial charge in [-0.3, -0.25) is 23.2 Å². The Labute approximate surface area is 160 Å². The van der Waals surface area contributed by atoms with Crippen LogP contribution < -0.4 is 10.6 Å². The Morgan fingerprint density at radius 2 is 2.15 bits per heavy atom. The molecule has 0 aromatic rings. The molecule has 9 nitrogen and oxygen atoms in total. The fourth-order valence-electron chi connectivity index (χ4n) is 3.08. The van der Waals surface area contributed by atoms with E-state index in [1.165, 1.54) is 7.11 Å². The summed E-state index contributed by atoms with van der Waals surface area (Å²) in [6.07, 6.45) is 2.04. The monoisotopic (exact) mass is 406 g/mol. The summed E-state index contributed by atoms with van der Waals surface area (Å²) in [5.41, 5.74) is -0.681. The highest BCUT2D eigenvalue weighted by molar-refractivity contribution is 7.48. The molecule has 2 unspecified atom stereocenters. The van der Waals surface area contributed by atoms with Crippen LogP contribution in [0.2, 0.25) is 0 Å². The van der Waals surface area contributed by atoms with Gasteiger partial charge in [-0.1, -0.05) is 13.8 Å². The summed E-state index contributed by atoms with van der Waals surface area (Å²) >= 11 is 0. The van der Waals surface area contributed by atoms with Crippen LogP contribution >= 0.6 is 7.82 Å². The van der Waals surface area contributed by atoms with E-state index < -0.39 is 31.2 Å². The second-order valence-corrected chi connectivity index (χ2v) is 9.27. The van der Waals surface area contributed by atoms with E-state index in [1.807, 2.05) is 0 Å². The maximum absolute atomic E-state index is 12.8. The van der Waals surface area contributed by atoms with Gasteiger partial charge in [0.1, 0.15) is 0 Å². The summed E-state index contributed by atoms with van der Waals surface area (Å²) in [7, 11) is -2.52. The van der Waals surface area contributed by atoms with Crippen molar-refractivity contribution in [2.24, 2.45) is 11.3 Å². The smallest absolute Gasteiger partial charge is 0.469 e. The number of phosphoric ester groups is 1. The number of ether oxygens (including phenoxy) is 1. The Bertz CT molecular complexity index is 563. The van der Waals surface area contributed by atoms with Gasteiger partial charge < -0.3 is 15.4 Å². The molecule has 2 fully saturated rings. The first kappa shape index (κ1) is 22.3. The predicted molar refractivity (Wildman–Crippen MR) is 98.0 cm³/mol. The molecule has 1 amide bonds. The lowest BCUT2D eigenvalue weighted by molar-refractivity contribution is -0.143. The molecule has 156 valence electrons. The van der Waals surface area contributed by atoms with Gasteiger partial charge >= 0.3 is 13.8 Å². The van der Waals surface area contributed by atoms with Gasteiger partial charge in [0.05, 0.1) is 26.7 Å². The number of methoxy groups -OCH3 is 1. The first-order valence-electron chi connectivity index (χ1n) is 9.38. The maximum atomic E-state index is 12.8. The third-order valence-corrected chi connectivity index (χ3v) is 6.22. The quantitative estimate of drug-likeness (QED) is 0.462. The van der Waals surface area contributed by atoms with E-state index >= 15 is 0 Å². The summed E-state index contributed by atoms with van der Waals surface area (Å²) in [4.78, 5) is 23.6. The first-order chi connectivity index (χ1) is 12.8. The van der Waals surface area contributed by atoms with Crippen LogP contribution in [0.25, 0.3) is 0 Å². The molecule has 2 rings (SSSR count). The largest absolute Gasteiger partial charge is 0.475 e. The summed E-state index contributed by atoms with van der Waals surface area (Å²) in [5, 5.41) is 5.94. The maximum Gasteiger partial charge on any atom is 0.475 e. The van der Waals surface area contributed by atoms with Crippen molar-refractivity contribution < 1.29 is 32.5 Å². The standard InChI is InChI=1S/C17H31N2O7P/c1-17(2)12-25-27(22,24-10-7-13-5-4-8-18-11-13)26-15(17)16(21)19-9-6-14(20)23-3/h13,15,18H,4-12H2,1-3H3,(H,19,21)/t13?,15-,27?/m0/s1. The molecule has 3 atom stereocenters. The van der Waals surface area contributed by atoms with Crippen LogP contribution in [0.4, 0.5) is 0 Å². The molecule has 0 spiro atoms. The average molecular weight is 406 g/mol. The van der Waals surface area contributed by atoms with E-state index in [2.05, 4.69) is 15.4 Å². The highest BCUT2D eigenvalue weighted by Crippen LogP contribution is 2.57. The van der Waals surface area contributed by atoms with E-state index in [9.17, 15) is 14.2 Å². The zero-order valence-electron chi connectivity index (χ0n) is 16.3. The number of phosphoric acid groups is 1. The molecule has 2 heterocycles. The van der Waals surface area contributed by atoms with Gasteiger partial charge in [0, 0.05) is 12.0 Å². The minimum Gasteiger partial charge on any atom is -0.469 e. The van der Waals surface area contributed by atoms with Crippen molar-refractivity contribution in [3.63, 3.8) is 0 Å². The second-order valence-electron chi connectivity index (χ2n) is 7.65. The molecule has 0 radical (unpaired) electrons. The number of hydrogen-bond donors (Lipinski definition) is 2. The number of rotatable bonds is 8. The summed E-state index contributed by atoms with van der Waals surface area (Å²) in [6.45, 7) is 5.97. The lowest BCUT2D eigenvalue weighted by Gasteiger charge is -2.39. The van der Waals surface area contributed by atoms with Gasteiger partial charge in [-0.05, 0) is 38.3 Å². The van der Waals surface area contributed by atoms with Crippen molar-refractivity contribution >= 4 is 19.7 Å². The highest BCUT2D eigenvalue weighted by atomic mass is 31.2. The lowest BCUT2D eigenvalue weighted by Crippen LogP contribution is -2.50. The van der Waals surface area contributed by atoms with Gasteiger partial charge in [0.25, 0.3) is 0 Å². The zero-order chi connectivity index (χ0) is 19.9. The SMILES string of the molecule is COC(=O)CCNC(=O)[C@@H]1OP(=O)(OCCC2CCCNC2)OCC1(C)C. The molecular formula is C17H31N2O7P. The molecule has 0 aliphatic carbocycles. The normalized spacial score (nSPS) is 30.5. The number of amides is 1. The Hall–Kier alpha value is -0.990. The molecule has 0 saturated carbocycles. The topological polar surface area (TPSA) is 112 Å². The van der Waals surface area contributed by atoms with Gasteiger partial charge in [0.2, 0.25) is 5.91 Å². The molecular weight excluding hydrogens is 375 g/mol. The number of carbonyl (C=O) groups is 2. The van der Waals surface area contributed by atoms with Crippen LogP contribution in [-0.4, -0.2) is 57.9 Å². The second kappa shape index (κ2) is 9.98. The minimum absolute atomic E-state index is 0.0511. The van der Waals surface area contributed by atoms with Crippen molar-refractivity contribution in [3.05, 3.63) is 0 Å². The highest BCUT2D eigenvalue weighted by Gasteiger charge is 2.49. The molecule has 0 aromatic heterocycles. The summed E-state index contributed by atoms with van der Waals surface area (Å²) < 4.78 is 33.6. The molecule has 0 bridgehead atoms. The van der Waals surface area contributed by atoms with Crippen LogP contribution in [0.1, 0.15) is 39.5 Å². The number of carbonyl (C=O) groups excluding carboxylic acids is 2. The molecule has 2 saturated heterocycles. The van der Waals surface area contributed by atoms with Gasteiger partial charge in [0.15, 0.2) is 6.10 Å². The average Bonchev–Trinajstić information content (AvgIpc) is 2.64. The Kier molecular flexibility index (Phi) is 8.24. The number of nitrogens with one attached hydrogen (secondary N) is 2. The van der Waals surface area contributed by atoms with E-state index in [0.717, 1.165) is 32.4 Å². The van der Waals surface area contributed by atoms with E-state index in [4.69, 9.17) is 13.6 Å². The third kappa shape index (κ3) is 6.84.